The van der Waals surface area contributed by atoms with Gasteiger partial charge in [0.05, 0.1) is 6.20 Å². The third kappa shape index (κ3) is 3.19. The monoisotopic (exact) mass is 329 g/mol. The number of fused-ring (bicyclic) bond motifs is 1. The van der Waals surface area contributed by atoms with Gasteiger partial charge in [-0.05, 0) is 11.6 Å². The molecule has 0 spiro atoms. The predicted octanol–water partition coefficient (Wildman–Crippen LogP) is 3.40. The minimum absolute atomic E-state index is 0.0315. The standard InChI is InChI=1S/C21H17N2O2/c24-19(17-7-2-1-3-8-17)15-23-13-12-22-14-21(23)25-20-11-10-16-6-4-5-9-18(16)20/h1-14,20H,15H2/q+1. The molecule has 1 aliphatic carbocycles. The molecule has 1 heterocycles. The highest BCUT2D eigenvalue weighted by atomic mass is 16.5. The Labute approximate surface area is 146 Å². The summed E-state index contributed by atoms with van der Waals surface area (Å²) in [6.07, 6.45) is 8.97. The zero-order chi connectivity index (χ0) is 17.1. The third-order valence-electron chi connectivity index (χ3n) is 4.21. The fraction of sp³-hybridized carbons (Fsp3) is 0.0952. The Balaban J connectivity index is 1.56. The van der Waals surface area contributed by atoms with Crippen LogP contribution in [0.5, 0.6) is 5.88 Å². The molecule has 0 bridgehead atoms. The molecular formula is C21H17N2O2+. The maximum atomic E-state index is 12.5. The average molecular weight is 329 g/mol. The maximum Gasteiger partial charge on any atom is 0.388 e. The quantitative estimate of drug-likeness (QED) is 0.532. The van der Waals surface area contributed by atoms with Crippen molar-refractivity contribution in [2.24, 2.45) is 0 Å². The van der Waals surface area contributed by atoms with Crippen LogP contribution in [-0.4, -0.2) is 10.8 Å². The minimum atomic E-state index is -0.168. The van der Waals surface area contributed by atoms with Gasteiger partial charge in [-0.3, -0.25) is 4.79 Å². The summed E-state index contributed by atoms with van der Waals surface area (Å²) in [5.41, 5.74) is 2.96. The molecule has 1 aliphatic rings. The van der Waals surface area contributed by atoms with E-state index in [0.717, 1.165) is 11.1 Å². The van der Waals surface area contributed by atoms with E-state index in [-0.39, 0.29) is 18.4 Å². The topological polar surface area (TPSA) is 43.1 Å². The highest BCUT2D eigenvalue weighted by Crippen LogP contribution is 2.30. The van der Waals surface area contributed by atoms with Gasteiger partial charge in [0.15, 0.2) is 6.20 Å². The van der Waals surface area contributed by atoms with Crippen LogP contribution in [0, 0.1) is 0 Å². The molecule has 122 valence electrons. The van der Waals surface area contributed by atoms with Crippen molar-refractivity contribution >= 4 is 11.9 Å². The van der Waals surface area contributed by atoms with Crippen molar-refractivity contribution in [3.63, 3.8) is 0 Å². The van der Waals surface area contributed by atoms with E-state index in [1.165, 1.54) is 0 Å². The van der Waals surface area contributed by atoms with Crippen LogP contribution in [0.15, 0.2) is 79.3 Å². The summed E-state index contributed by atoms with van der Waals surface area (Å²) in [5, 5.41) is 0. The number of carbonyl (C=O) groups excluding carboxylic acids is 1. The Morgan fingerprint density at radius 1 is 1.08 bits per heavy atom. The third-order valence-corrected chi connectivity index (χ3v) is 4.21. The number of nitrogens with zero attached hydrogens (tertiary/aromatic N) is 2. The highest BCUT2D eigenvalue weighted by Gasteiger charge is 2.24. The summed E-state index contributed by atoms with van der Waals surface area (Å²) >= 11 is 0. The molecule has 0 saturated carbocycles. The molecule has 4 heteroatoms. The van der Waals surface area contributed by atoms with Crippen molar-refractivity contribution in [1.82, 2.24) is 4.98 Å². The Hall–Kier alpha value is -3.27. The Kier molecular flexibility index (Phi) is 4.09. The first kappa shape index (κ1) is 15.3. The van der Waals surface area contributed by atoms with Crippen molar-refractivity contribution in [2.75, 3.05) is 0 Å². The van der Waals surface area contributed by atoms with Crippen LogP contribution >= 0.6 is 0 Å². The number of ether oxygens (including phenoxy) is 1. The van der Waals surface area contributed by atoms with E-state index < -0.39 is 0 Å². The highest BCUT2D eigenvalue weighted by molar-refractivity contribution is 5.94. The van der Waals surface area contributed by atoms with Gasteiger partial charge in [0, 0.05) is 11.1 Å². The fourth-order valence-corrected chi connectivity index (χ4v) is 2.92. The number of benzene rings is 2. The summed E-state index contributed by atoms with van der Waals surface area (Å²) in [6.45, 7) is 0.208. The predicted molar refractivity (Wildman–Crippen MR) is 94.0 cm³/mol. The molecule has 0 N–H and O–H groups in total. The van der Waals surface area contributed by atoms with Crippen molar-refractivity contribution < 1.29 is 14.1 Å². The molecule has 1 atom stereocenters. The van der Waals surface area contributed by atoms with Crippen LogP contribution < -0.4 is 9.30 Å². The van der Waals surface area contributed by atoms with Gasteiger partial charge < -0.3 is 4.74 Å². The first-order valence-electron chi connectivity index (χ1n) is 8.17. The molecule has 3 aromatic rings. The lowest BCUT2D eigenvalue weighted by molar-refractivity contribution is -0.689. The number of hydrogen-bond donors (Lipinski definition) is 0. The number of rotatable bonds is 5. The Morgan fingerprint density at radius 3 is 2.76 bits per heavy atom. The molecule has 0 saturated heterocycles. The first-order valence-corrected chi connectivity index (χ1v) is 8.17. The van der Waals surface area contributed by atoms with Crippen molar-refractivity contribution in [1.29, 1.82) is 0 Å². The lowest BCUT2D eigenvalue weighted by Gasteiger charge is -2.12. The lowest BCUT2D eigenvalue weighted by Crippen LogP contribution is -2.39. The van der Waals surface area contributed by atoms with Crippen molar-refractivity contribution in [3.05, 3.63) is 96.0 Å². The molecule has 1 unspecified atom stereocenters. The second kappa shape index (κ2) is 6.69. The van der Waals surface area contributed by atoms with E-state index in [2.05, 4.69) is 23.2 Å². The number of hydrogen-bond acceptors (Lipinski definition) is 3. The molecule has 4 rings (SSSR count). The van der Waals surface area contributed by atoms with E-state index in [1.807, 2.05) is 48.5 Å². The largest absolute Gasteiger partial charge is 0.431 e. The van der Waals surface area contributed by atoms with Crippen LogP contribution in [0.4, 0.5) is 0 Å². The Bertz CT molecular complexity index is 935. The van der Waals surface area contributed by atoms with Gasteiger partial charge in [0.2, 0.25) is 12.3 Å². The lowest BCUT2D eigenvalue weighted by atomic mass is 10.1. The molecule has 0 radical (unpaired) electrons. The summed E-state index contributed by atoms with van der Waals surface area (Å²) in [5.74, 6) is 0.599. The molecule has 25 heavy (non-hydrogen) atoms. The fourth-order valence-electron chi connectivity index (χ4n) is 2.92. The van der Waals surface area contributed by atoms with Gasteiger partial charge >= 0.3 is 5.88 Å². The van der Waals surface area contributed by atoms with Crippen molar-refractivity contribution in [3.8, 4) is 5.88 Å². The normalized spacial score (nSPS) is 15.0. The van der Waals surface area contributed by atoms with Gasteiger partial charge in [0.1, 0.15) is 12.3 Å². The van der Waals surface area contributed by atoms with E-state index in [4.69, 9.17) is 4.74 Å². The van der Waals surface area contributed by atoms with Gasteiger partial charge in [-0.2, -0.15) is 4.57 Å². The summed E-state index contributed by atoms with van der Waals surface area (Å²) in [4.78, 5) is 16.6. The van der Waals surface area contributed by atoms with Gasteiger partial charge in [0.25, 0.3) is 0 Å². The molecule has 0 fully saturated rings. The summed E-state index contributed by atoms with van der Waals surface area (Å²) in [7, 11) is 0. The van der Waals surface area contributed by atoms with Crippen LogP contribution in [0.3, 0.4) is 0 Å². The first-order chi connectivity index (χ1) is 12.3. The molecule has 0 amide bonds. The maximum absolute atomic E-state index is 12.5. The van der Waals surface area contributed by atoms with Crippen LogP contribution in [0.25, 0.3) is 6.08 Å². The van der Waals surface area contributed by atoms with Gasteiger partial charge in [-0.15, -0.1) is 0 Å². The zero-order valence-electron chi connectivity index (χ0n) is 13.6. The number of aromatic nitrogens is 2. The number of carbonyl (C=O) groups is 1. The Morgan fingerprint density at radius 2 is 1.88 bits per heavy atom. The molecule has 1 aromatic heterocycles. The smallest absolute Gasteiger partial charge is 0.388 e. The van der Waals surface area contributed by atoms with Gasteiger partial charge in [-0.1, -0.05) is 60.7 Å². The van der Waals surface area contributed by atoms with Crippen LogP contribution in [0.2, 0.25) is 0 Å². The SMILES string of the molecule is O=C(C[n+]1ccncc1OC1C=Cc2ccccc21)c1ccccc1. The number of ketones is 1. The number of Topliss-reactive ketones (excluding diaryl/α,β-unsaturated/α-hetero) is 1. The van der Waals surface area contributed by atoms with E-state index >= 15 is 0 Å². The second-order valence-corrected chi connectivity index (χ2v) is 5.86. The van der Waals surface area contributed by atoms with Crippen molar-refractivity contribution in [2.45, 2.75) is 12.6 Å². The van der Waals surface area contributed by atoms with E-state index in [1.54, 1.807) is 23.2 Å². The molecule has 4 nitrogen and oxygen atoms in total. The molecular weight excluding hydrogens is 312 g/mol. The van der Waals surface area contributed by atoms with E-state index in [9.17, 15) is 4.79 Å². The summed E-state index contributed by atoms with van der Waals surface area (Å²) in [6, 6.07) is 17.4. The van der Waals surface area contributed by atoms with Gasteiger partial charge in [-0.25, -0.2) is 4.98 Å². The second-order valence-electron chi connectivity index (χ2n) is 5.86. The van der Waals surface area contributed by atoms with E-state index in [0.29, 0.717) is 11.4 Å². The van der Waals surface area contributed by atoms with Crippen LogP contribution in [-0.2, 0) is 6.54 Å². The zero-order valence-corrected chi connectivity index (χ0v) is 13.6. The van der Waals surface area contributed by atoms with Crippen LogP contribution in [0.1, 0.15) is 27.6 Å². The average Bonchev–Trinajstić information content (AvgIpc) is 3.07. The minimum Gasteiger partial charge on any atom is -0.431 e. The molecule has 2 aromatic carbocycles. The molecule has 0 aliphatic heterocycles. The summed E-state index contributed by atoms with van der Waals surface area (Å²) < 4.78 is 7.92.